The summed E-state index contributed by atoms with van der Waals surface area (Å²) in [5.74, 6) is 1.67. The molecule has 0 N–H and O–H groups in total. The maximum Gasteiger partial charge on any atom is 0.225 e. The minimum Gasteiger partial charge on any atom is -0.342 e. The summed E-state index contributed by atoms with van der Waals surface area (Å²) in [7, 11) is 0. The van der Waals surface area contributed by atoms with Crippen molar-refractivity contribution in [3.8, 4) is 5.82 Å². The van der Waals surface area contributed by atoms with Gasteiger partial charge < -0.3 is 4.90 Å². The van der Waals surface area contributed by atoms with E-state index < -0.39 is 0 Å². The molecule has 24 heavy (non-hydrogen) atoms. The Hall–Kier alpha value is -2.24. The quantitative estimate of drug-likeness (QED) is 0.870. The topological polar surface area (TPSA) is 63.9 Å². The number of imidazole rings is 1. The average molecular weight is 325 g/mol. The lowest BCUT2D eigenvalue weighted by atomic mass is 9.93. The number of hydrogen-bond donors (Lipinski definition) is 0. The molecule has 2 aliphatic rings. The van der Waals surface area contributed by atoms with Gasteiger partial charge in [-0.25, -0.2) is 9.97 Å². The van der Waals surface area contributed by atoms with E-state index in [0.29, 0.717) is 5.91 Å². The second-order valence-electron chi connectivity index (χ2n) is 6.88. The minimum absolute atomic E-state index is 0.257. The van der Waals surface area contributed by atoms with Crippen molar-refractivity contribution in [1.29, 1.82) is 0 Å². The van der Waals surface area contributed by atoms with Crippen LogP contribution in [0.4, 0.5) is 0 Å². The van der Waals surface area contributed by atoms with Gasteiger partial charge in [-0.2, -0.15) is 0 Å². The zero-order valence-corrected chi connectivity index (χ0v) is 13.8. The van der Waals surface area contributed by atoms with Crippen molar-refractivity contribution in [3.63, 3.8) is 0 Å². The van der Waals surface area contributed by atoms with E-state index in [1.54, 1.807) is 18.7 Å². The number of piperidine rings is 1. The maximum atomic E-state index is 12.7. The van der Waals surface area contributed by atoms with Gasteiger partial charge in [0, 0.05) is 43.5 Å². The summed E-state index contributed by atoms with van der Waals surface area (Å²) < 4.78 is 1.86. The number of amides is 1. The summed E-state index contributed by atoms with van der Waals surface area (Å²) >= 11 is 0. The van der Waals surface area contributed by atoms with Gasteiger partial charge in [-0.3, -0.25) is 14.3 Å². The fourth-order valence-electron chi connectivity index (χ4n) is 3.94. The third-order valence-corrected chi connectivity index (χ3v) is 5.27. The number of hydrogen-bond acceptors (Lipinski definition) is 4. The molecule has 1 saturated carbocycles. The zero-order chi connectivity index (χ0) is 16.4. The molecule has 1 atom stereocenters. The van der Waals surface area contributed by atoms with Gasteiger partial charge in [0.05, 0.1) is 11.9 Å². The molecule has 0 bridgehead atoms. The highest BCUT2D eigenvalue weighted by Crippen LogP contribution is 2.31. The van der Waals surface area contributed by atoms with Gasteiger partial charge in [0.25, 0.3) is 0 Å². The van der Waals surface area contributed by atoms with Crippen molar-refractivity contribution in [2.45, 2.75) is 44.4 Å². The third kappa shape index (κ3) is 3.05. The van der Waals surface area contributed by atoms with Crippen LogP contribution >= 0.6 is 0 Å². The molecule has 126 valence electrons. The highest BCUT2D eigenvalue weighted by Gasteiger charge is 2.31. The fourth-order valence-corrected chi connectivity index (χ4v) is 3.94. The molecule has 6 heteroatoms. The minimum atomic E-state index is 0.257. The first-order chi connectivity index (χ1) is 11.8. The Labute approximate surface area is 141 Å². The second-order valence-corrected chi connectivity index (χ2v) is 6.88. The lowest BCUT2D eigenvalue weighted by molar-refractivity contribution is -0.136. The number of likely N-dealkylation sites (tertiary alicyclic amines) is 1. The van der Waals surface area contributed by atoms with Crippen LogP contribution in [0.3, 0.4) is 0 Å². The Bertz CT molecular complexity index is 693. The molecule has 2 aromatic heterocycles. The van der Waals surface area contributed by atoms with Crippen LogP contribution in [0.2, 0.25) is 0 Å². The van der Waals surface area contributed by atoms with Crippen LogP contribution in [0.5, 0.6) is 0 Å². The summed E-state index contributed by atoms with van der Waals surface area (Å²) in [6, 6.07) is 0. The van der Waals surface area contributed by atoms with Crippen LogP contribution in [0.15, 0.2) is 31.1 Å². The molecule has 2 fully saturated rings. The Morgan fingerprint density at radius 2 is 1.96 bits per heavy atom. The van der Waals surface area contributed by atoms with Gasteiger partial charge >= 0.3 is 0 Å². The Morgan fingerprint density at radius 3 is 2.75 bits per heavy atom. The van der Waals surface area contributed by atoms with Gasteiger partial charge in [-0.15, -0.1) is 0 Å². The van der Waals surface area contributed by atoms with Crippen LogP contribution < -0.4 is 0 Å². The van der Waals surface area contributed by atoms with Crippen LogP contribution in [0, 0.1) is 5.92 Å². The molecule has 1 amide bonds. The van der Waals surface area contributed by atoms with Crippen molar-refractivity contribution in [2.24, 2.45) is 5.92 Å². The van der Waals surface area contributed by atoms with Gasteiger partial charge in [-0.05, 0) is 25.7 Å². The van der Waals surface area contributed by atoms with E-state index in [1.807, 2.05) is 17.0 Å². The van der Waals surface area contributed by atoms with Crippen LogP contribution in [-0.4, -0.2) is 43.4 Å². The molecular weight excluding hydrogens is 302 g/mol. The lowest BCUT2D eigenvalue weighted by Crippen LogP contribution is -2.42. The average Bonchev–Trinajstić information content (AvgIpc) is 3.35. The molecule has 3 heterocycles. The molecular formula is C18H23N5O. The largest absolute Gasteiger partial charge is 0.342 e. The van der Waals surface area contributed by atoms with Gasteiger partial charge in [0.2, 0.25) is 5.91 Å². The van der Waals surface area contributed by atoms with Crippen molar-refractivity contribution < 1.29 is 4.79 Å². The predicted octanol–water partition coefficient (Wildman–Crippen LogP) is 2.56. The smallest absolute Gasteiger partial charge is 0.225 e. The Morgan fingerprint density at radius 1 is 1.08 bits per heavy atom. The summed E-state index contributed by atoms with van der Waals surface area (Å²) in [5, 5.41) is 0. The number of carbonyl (C=O) groups excluding carboxylic acids is 1. The van der Waals surface area contributed by atoms with E-state index in [9.17, 15) is 4.79 Å². The van der Waals surface area contributed by atoms with Crippen molar-refractivity contribution in [1.82, 2.24) is 24.4 Å². The molecule has 0 aromatic carbocycles. The SMILES string of the molecule is O=C(C1CCCC1)N1CCCC(c2cncc(-n3ccnc3)n2)C1. The monoisotopic (exact) mass is 325 g/mol. The summed E-state index contributed by atoms with van der Waals surface area (Å²) in [6.07, 6.45) is 15.6. The van der Waals surface area contributed by atoms with E-state index >= 15 is 0 Å². The zero-order valence-electron chi connectivity index (χ0n) is 13.8. The van der Waals surface area contributed by atoms with Crippen molar-refractivity contribution in [3.05, 3.63) is 36.8 Å². The Balaban J connectivity index is 1.50. The number of carbonyl (C=O) groups is 1. The predicted molar refractivity (Wildman–Crippen MR) is 89.7 cm³/mol. The Kier molecular flexibility index (Phi) is 4.28. The van der Waals surface area contributed by atoms with E-state index in [0.717, 1.165) is 50.3 Å². The molecule has 2 aromatic rings. The molecule has 1 saturated heterocycles. The van der Waals surface area contributed by atoms with E-state index in [2.05, 4.69) is 14.9 Å². The first-order valence-corrected chi connectivity index (χ1v) is 8.90. The fraction of sp³-hybridized carbons (Fsp3) is 0.556. The maximum absolute atomic E-state index is 12.7. The van der Waals surface area contributed by atoms with Crippen molar-refractivity contribution in [2.75, 3.05) is 13.1 Å². The van der Waals surface area contributed by atoms with Crippen LogP contribution in [-0.2, 0) is 4.79 Å². The standard InChI is InChI=1S/C18H23N5O/c24-18(14-4-1-2-5-14)22-8-3-6-15(12-22)16-10-20-11-17(21-16)23-9-7-19-13-23/h7,9-11,13-15H,1-6,8,12H2. The van der Waals surface area contributed by atoms with Gasteiger partial charge in [0.1, 0.15) is 6.33 Å². The molecule has 6 nitrogen and oxygen atoms in total. The highest BCUT2D eigenvalue weighted by atomic mass is 16.2. The highest BCUT2D eigenvalue weighted by molar-refractivity contribution is 5.79. The van der Waals surface area contributed by atoms with Gasteiger partial charge in [0.15, 0.2) is 5.82 Å². The number of aromatic nitrogens is 4. The van der Waals surface area contributed by atoms with Crippen LogP contribution in [0.25, 0.3) is 5.82 Å². The summed E-state index contributed by atoms with van der Waals surface area (Å²) in [4.78, 5) is 27.9. The number of rotatable bonds is 3. The first kappa shape index (κ1) is 15.3. The molecule has 1 aliphatic heterocycles. The molecule has 0 radical (unpaired) electrons. The molecule has 0 spiro atoms. The molecule has 4 rings (SSSR count). The van der Waals surface area contributed by atoms with Gasteiger partial charge in [-0.1, -0.05) is 12.8 Å². The first-order valence-electron chi connectivity index (χ1n) is 8.90. The molecule has 1 unspecified atom stereocenters. The van der Waals surface area contributed by atoms with E-state index in [1.165, 1.54) is 12.8 Å². The van der Waals surface area contributed by atoms with E-state index in [-0.39, 0.29) is 11.8 Å². The van der Waals surface area contributed by atoms with Crippen molar-refractivity contribution >= 4 is 5.91 Å². The van der Waals surface area contributed by atoms with E-state index in [4.69, 9.17) is 4.98 Å². The second kappa shape index (κ2) is 6.71. The van der Waals surface area contributed by atoms with Crippen LogP contribution in [0.1, 0.15) is 50.1 Å². The normalized spacial score (nSPS) is 22.0. The number of nitrogens with zero attached hydrogens (tertiary/aromatic N) is 5. The summed E-state index contributed by atoms with van der Waals surface area (Å²) in [6.45, 7) is 1.66. The lowest BCUT2D eigenvalue weighted by Gasteiger charge is -2.34. The summed E-state index contributed by atoms with van der Waals surface area (Å²) in [5.41, 5.74) is 0.977. The molecule has 1 aliphatic carbocycles. The third-order valence-electron chi connectivity index (χ3n) is 5.27.